The number of aliphatic hydroxyl groups excluding tert-OH is 3. The van der Waals surface area contributed by atoms with E-state index in [-0.39, 0.29) is 45.6 Å². The largest absolute Gasteiger partial charge is 0.463 e. The summed E-state index contributed by atoms with van der Waals surface area (Å²) in [5.74, 6) is -0.257. The molecule has 114 valence electrons. The first-order chi connectivity index (χ1) is 9.10. The lowest BCUT2D eigenvalue weighted by Gasteiger charge is -2.13. The molecule has 0 aliphatic rings. The van der Waals surface area contributed by atoms with Crippen molar-refractivity contribution in [1.29, 1.82) is 0 Å². The molecule has 0 heterocycles. The van der Waals surface area contributed by atoms with Gasteiger partial charge in [0, 0.05) is 6.42 Å². The van der Waals surface area contributed by atoms with Gasteiger partial charge in [-0.2, -0.15) is 0 Å². The van der Waals surface area contributed by atoms with Crippen LogP contribution >= 0.6 is 0 Å². The summed E-state index contributed by atoms with van der Waals surface area (Å²) in [6.45, 7) is 1.91. The van der Waals surface area contributed by atoms with Gasteiger partial charge < -0.3 is 29.5 Å². The van der Waals surface area contributed by atoms with E-state index in [2.05, 4.69) is 0 Å². The fourth-order valence-electron chi connectivity index (χ4n) is 1.15. The minimum Gasteiger partial charge on any atom is -0.463 e. The molecule has 7 heteroatoms. The normalized spacial score (nSPS) is 14.1. The lowest BCUT2D eigenvalue weighted by molar-refractivity contribution is -0.145. The topological polar surface area (TPSA) is 105 Å². The highest BCUT2D eigenvalue weighted by atomic mass is 16.6. The third kappa shape index (κ3) is 12.1. The summed E-state index contributed by atoms with van der Waals surface area (Å²) in [6.07, 6.45) is -0.623. The number of carbonyl (C=O) groups is 1. The quantitative estimate of drug-likeness (QED) is 0.313. The summed E-state index contributed by atoms with van der Waals surface area (Å²) in [5, 5.41) is 26.9. The van der Waals surface area contributed by atoms with Crippen LogP contribution in [0.4, 0.5) is 0 Å². The first-order valence-corrected chi connectivity index (χ1v) is 6.38. The molecule has 0 aromatic carbocycles. The number of hydrogen-bond acceptors (Lipinski definition) is 7. The van der Waals surface area contributed by atoms with Crippen molar-refractivity contribution in [3.8, 4) is 0 Å². The average Bonchev–Trinajstić information content (AvgIpc) is 2.38. The molecule has 19 heavy (non-hydrogen) atoms. The van der Waals surface area contributed by atoms with E-state index in [1.807, 2.05) is 6.92 Å². The SMILES string of the molecule is CCCC(=O)OCCOCC(O)COCC(O)CO. The molecule has 0 aliphatic heterocycles. The minimum atomic E-state index is -0.939. The first-order valence-electron chi connectivity index (χ1n) is 6.38. The Labute approximate surface area is 113 Å². The van der Waals surface area contributed by atoms with E-state index < -0.39 is 12.2 Å². The van der Waals surface area contributed by atoms with E-state index in [1.54, 1.807) is 0 Å². The van der Waals surface area contributed by atoms with E-state index in [9.17, 15) is 9.90 Å². The highest BCUT2D eigenvalue weighted by molar-refractivity contribution is 5.69. The van der Waals surface area contributed by atoms with Crippen LogP contribution in [0.15, 0.2) is 0 Å². The van der Waals surface area contributed by atoms with Gasteiger partial charge in [-0.25, -0.2) is 0 Å². The third-order valence-electron chi connectivity index (χ3n) is 2.09. The summed E-state index contributed by atoms with van der Waals surface area (Å²) in [5.41, 5.74) is 0. The summed E-state index contributed by atoms with van der Waals surface area (Å²) >= 11 is 0. The molecule has 2 unspecified atom stereocenters. The zero-order chi connectivity index (χ0) is 14.5. The van der Waals surface area contributed by atoms with Crippen molar-refractivity contribution in [2.24, 2.45) is 0 Å². The average molecular weight is 280 g/mol. The molecule has 0 spiro atoms. The van der Waals surface area contributed by atoms with Gasteiger partial charge >= 0.3 is 5.97 Å². The van der Waals surface area contributed by atoms with Crippen LogP contribution in [0.5, 0.6) is 0 Å². The lowest BCUT2D eigenvalue weighted by atomic mass is 10.3. The maximum absolute atomic E-state index is 11.0. The highest BCUT2D eigenvalue weighted by Gasteiger charge is 2.07. The summed E-state index contributed by atoms with van der Waals surface area (Å²) < 4.78 is 14.9. The summed E-state index contributed by atoms with van der Waals surface area (Å²) in [4.78, 5) is 11.0. The molecule has 0 saturated heterocycles. The second-order valence-electron chi connectivity index (χ2n) is 4.07. The van der Waals surface area contributed by atoms with E-state index >= 15 is 0 Å². The first kappa shape index (κ1) is 18.3. The fourth-order valence-corrected chi connectivity index (χ4v) is 1.15. The smallest absolute Gasteiger partial charge is 0.305 e. The molecule has 0 amide bonds. The van der Waals surface area contributed by atoms with E-state index in [0.717, 1.165) is 6.42 Å². The molecule has 0 bridgehead atoms. The number of rotatable bonds is 12. The van der Waals surface area contributed by atoms with Crippen LogP contribution in [0, 0.1) is 0 Å². The Morgan fingerprint density at radius 2 is 1.68 bits per heavy atom. The van der Waals surface area contributed by atoms with Crippen molar-refractivity contribution >= 4 is 5.97 Å². The summed E-state index contributed by atoms with van der Waals surface area (Å²) in [7, 11) is 0. The van der Waals surface area contributed by atoms with Crippen molar-refractivity contribution < 1.29 is 34.3 Å². The zero-order valence-corrected chi connectivity index (χ0v) is 11.3. The van der Waals surface area contributed by atoms with Gasteiger partial charge in [-0.3, -0.25) is 4.79 Å². The highest BCUT2D eigenvalue weighted by Crippen LogP contribution is 1.93. The monoisotopic (exact) mass is 280 g/mol. The van der Waals surface area contributed by atoms with Crippen molar-refractivity contribution in [3.05, 3.63) is 0 Å². The van der Waals surface area contributed by atoms with Crippen LogP contribution in [0.1, 0.15) is 19.8 Å². The molecule has 2 atom stereocenters. The Morgan fingerprint density at radius 1 is 1.05 bits per heavy atom. The molecular weight excluding hydrogens is 256 g/mol. The van der Waals surface area contributed by atoms with Crippen molar-refractivity contribution in [3.63, 3.8) is 0 Å². The van der Waals surface area contributed by atoms with Crippen molar-refractivity contribution in [2.45, 2.75) is 32.0 Å². The summed E-state index contributed by atoms with van der Waals surface area (Å²) in [6, 6.07) is 0. The second-order valence-corrected chi connectivity index (χ2v) is 4.07. The van der Waals surface area contributed by atoms with Crippen LogP contribution in [-0.2, 0) is 19.0 Å². The molecule has 0 rings (SSSR count). The van der Waals surface area contributed by atoms with Gasteiger partial charge in [-0.05, 0) is 6.42 Å². The Balaban J connectivity index is 3.33. The predicted molar refractivity (Wildman–Crippen MR) is 66.6 cm³/mol. The Bertz CT molecular complexity index is 222. The van der Waals surface area contributed by atoms with Crippen molar-refractivity contribution in [1.82, 2.24) is 0 Å². The van der Waals surface area contributed by atoms with Crippen LogP contribution in [0.2, 0.25) is 0 Å². The molecule has 7 nitrogen and oxygen atoms in total. The van der Waals surface area contributed by atoms with Gasteiger partial charge in [-0.1, -0.05) is 6.92 Å². The van der Waals surface area contributed by atoms with Crippen LogP contribution < -0.4 is 0 Å². The molecule has 0 aliphatic carbocycles. The predicted octanol–water partition coefficient (Wildman–Crippen LogP) is -0.923. The van der Waals surface area contributed by atoms with Gasteiger partial charge in [0.2, 0.25) is 0 Å². The van der Waals surface area contributed by atoms with Gasteiger partial charge in [0.25, 0.3) is 0 Å². The number of carbonyl (C=O) groups excluding carboxylic acids is 1. The maximum Gasteiger partial charge on any atom is 0.305 e. The number of aliphatic hydroxyl groups is 3. The number of hydrogen-bond donors (Lipinski definition) is 3. The van der Waals surface area contributed by atoms with Gasteiger partial charge in [0.1, 0.15) is 18.8 Å². The van der Waals surface area contributed by atoms with Gasteiger partial charge in [-0.15, -0.1) is 0 Å². The molecule has 0 aromatic rings. The number of ether oxygens (including phenoxy) is 3. The maximum atomic E-state index is 11.0. The van der Waals surface area contributed by atoms with Crippen molar-refractivity contribution in [2.75, 3.05) is 39.6 Å². The molecule has 0 radical (unpaired) electrons. The zero-order valence-electron chi connectivity index (χ0n) is 11.3. The van der Waals surface area contributed by atoms with E-state index in [4.69, 9.17) is 24.4 Å². The second kappa shape index (κ2) is 12.3. The minimum absolute atomic E-state index is 0.00663. The lowest BCUT2D eigenvalue weighted by Crippen LogP contribution is -2.27. The fraction of sp³-hybridized carbons (Fsp3) is 0.917. The third-order valence-corrected chi connectivity index (χ3v) is 2.09. The molecule has 3 N–H and O–H groups in total. The number of esters is 1. The Kier molecular flexibility index (Phi) is 11.8. The Morgan fingerprint density at radius 3 is 2.32 bits per heavy atom. The standard InChI is InChI=1S/C12H24O7/c1-2-3-12(16)19-5-4-17-8-11(15)9-18-7-10(14)6-13/h10-11,13-15H,2-9H2,1H3. The van der Waals surface area contributed by atoms with E-state index in [0.29, 0.717) is 6.42 Å². The van der Waals surface area contributed by atoms with Crippen LogP contribution in [-0.4, -0.2) is 73.1 Å². The van der Waals surface area contributed by atoms with Crippen LogP contribution in [0.3, 0.4) is 0 Å². The molecule has 0 fully saturated rings. The van der Waals surface area contributed by atoms with Gasteiger partial charge in [0.15, 0.2) is 0 Å². The van der Waals surface area contributed by atoms with Gasteiger partial charge in [0.05, 0.1) is 33.0 Å². The molecular formula is C12H24O7. The van der Waals surface area contributed by atoms with E-state index in [1.165, 1.54) is 0 Å². The molecule has 0 saturated carbocycles. The molecule has 0 aromatic heterocycles. The Hall–Kier alpha value is -0.730. The van der Waals surface area contributed by atoms with Crippen LogP contribution in [0.25, 0.3) is 0 Å².